The predicted molar refractivity (Wildman–Crippen MR) is 85.5 cm³/mol. The second-order valence-corrected chi connectivity index (χ2v) is 7.43. The van der Waals surface area contributed by atoms with Crippen LogP contribution < -0.4 is 5.32 Å². The molecule has 0 unspecified atom stereocenters. The lowest BCUT2D eigenvalue weighted by Crippen LogP contribution is -2.50. The lowest BCUT2D eigenvalue weighted by atomic mass is 9.81. The second kappa shape index (κ2) is 6.27. The summed E-state index contributed by atoms with van der Waals surface area (Å²) in [7, 11) is 0. The Kier molecular flexibility index (Phi) is 4.14. The third-order valence-electron chi connectivity index (χ3n) is 6.07. The zero-order chi connectivity index (χ0) is 15.8. The van der Waals surface area contributed by atoms with Gasteiger partial charge in [-0.15, -0.1) is 0 Å². The first kappa shape index (κ1) is 15.2. The molecule has 1 aliphatic heterocycles. The molecule has 3 aliphatic carbocycles. The summed E-state index contributed by atoms with van der Waals surface area (Å²) in [6.45, 7) is 2.55. The number of hydrogen-bond donors (Lipinski definition) is 1. The summed E-state index contributed by atoms with van der Waals surface area (Å²) in [6.07, 6.45) is 9.87. The molecule has 5 nitrogen and oxygen atoms in total. The number of morpholine rings is 1. The molecule has 0 aromatic rings. The van der Waals surface area contributed by atoms with Gasteiger partial charge in [0.25, 0.3) is 0 Å². The molecule has 1 saturated heterocycles. The number of nitrogens with one attached hydrogen (secondary N) is 1. The van der Waals surface area contributed by atoms with Crippen LogP contribution in [0, 0.1) is 23.7 Å². The Morgan fingerprint density at radius 3 is 2.35 bits per heavy atom. The van der Waals surface area contributed by atoms with Crippen LogP contribution in [-0.4, -0.2) is 49.1 Å². The van der Waals surface area contributed by atoms with Crippen molar-refractivity contribution in [3.8, 4) is 0 Å². The highest BCUT2D eigenvalue weighted by Crippen LogP contribution is 2.49. The number of carbonyl (C=O) groups is 2. The van der Waals surface area contributed by atoms with Gasteiger partial charge in [0, 0.05) is 19.1 Å². The van der Waals surface area contributed by atoms with E-state index >= 15 is 0 Å². The number of ether oxygens (including phenoxy) is 1. The summed E-state index contributed by atoms with van der Waals surface area (Å²) >= 11 is 0. The molecule has 2 saturated carbocycles. The first-order chi connectivity index (χ1) is 11.2. The van der Waals surface area contributed by atoms with E-state index in [4.69, 9.17) is 4.74 Å². The van der Waals surface area contributed by atoms with Crippen LogP contribution in [-0.2, 0) is 14.3 Å². The van der Waals surface area contributed by atoms with Gasteiger partial charge in [-0.1, -0.05) is 25.0 Å². The van der Waals surface area contributed by atoms with Gasteiger partial charge in [0.2, 0.25) is 11.8 Å². The smallest absolute Gasteiger partial charge is 0.227 e. The molecule has 4 rings (SSSR count). The van der Waals surface area contributed by atoms with Crippen molar-refractivity contribution in [3.63, 3.8) is 0 Å². The summed E-state index contributed by atoms with van der Waals surface area (Å²) in [6, 6.07) is 0.324. The van der Waals surface area contributed by atoms with E-state index in [1.807, 2.05) is 4.90 Å². The Bertz CT molecular complexity index is 506. The lowest BCUT2D eigenvalue weighted by Gasteiger charge is -2.34. The number of hydrogen-bond acceptors (Lipinski definition) is 3. The van der Waals surface area contributed by atoms with Crippen molar-refractivity contribution in [2.45, 2.75) is 38.1 Å². The SMILES string of the molecule is O=C(NC1CCCC1)[C@@H]1[C@@H](C(=O)N2CCOCC2)[C@@H]2C=C[C@@H]1C2. The Labute approximate surface area is 137 Å². The highest BCUT2D eigenvalue weighted by molar-refractivity contribution is 5.90. The fourth-order valence-electron chi connectivity index (χ4n) is 4.88. The van der Waals surface area contributed by atoms with Gasteiger partial charge < -0.3 is 15.0 Å². The van der Waals surface area contributed by atoms with Crippen LogP contribution >= 0.6 is 0 Å². The minimum atomic E-state index is -0.166. The highest BCUT2D eigenvalue weighted by Gasteiger charge is 2.52. The first-order valence-corrected chi connectivity index (χ1v) is 9.09. The molecule has 2 bridgehead atoms. The van der Waals surface area contributed by atoms with Crippen molar-refractivity contribution in [1.29, 1.82) is 0 Å². The molecule has 5 heteroatoms. The molecular weight excluding hydrogens is 292 g/mol. The van der Waals surface area contributed by atoms with Crippen LogP contribution in [0.3, 0.4) is 0 Å². The van der Waals surface area contributed by atoms with Gasteiger partial charge in [0.15, 0.2) is 0 Å². The summed E-state index contributed by atoms with van der Waals surface area (Å²) in [4.78, 5) is 27.7. The van der Waals surface area contributed by atoms with Crippen molar-refractivity contribution >= 4 is 11.8 Å². The Morgan fingerprint density at radius 1 is 1.00 bits per heavy atom. The first-order valence-electron chi connectivity index (χ1n) is 9.09. The second-order valence-electron chi connectivity index (χ2n) is 7.43. The molecule has 2 amide bonds. The van der Waals surface area contributed by atoms with Crippen molar-refractivity contribution in [2.75, 3.05) is 26.3 Å². The number of fused-ring (bicyclic) bond motifs is 2. The fraction of sp³-hybridized carbons (Fsp3) is 0.778. The third-order valence-corrected chi connectivity index (χ3v) is 6.07. The normalized spacial score (nSPS) is 36.6. The molecule has 23 heavy (non-hydrogen) atoms. The standard InChI is InChI=1S/C18H26N2O3/c21-17(19-14-3-1-2-4-14)15-12-5-6-13(11-12)16(15)18(22)20-7-9-23-10-8-20/h5-6,12-16H,1-4,7-11H2,(H,19,21)/t12-,13-,15+,16+/m1/s1. The summed E-state index contributed by atoms with van der Waals surface area (Å²) < 4.78 is 5.35. The number of nitrogens with zero attached hydrogens (tertiary/aromatic N) is 1. The van der Waals surface area contributed by atoms with E-state index < -0.39 is 0 Å². The molecule has 3 fully saturated rings. The summed E-state index contributed by atoms with van der Waals surface area (Å²) in [5, 5.41) is 3.23. The van der Waals surface area contributed by atoms with Crippen LogP contribution in [0.2, 0.25) is 0 Å². The van der Waals surface area contributed by atoms with E-state index in [1.54, 1.807) is 0 Å². The van der Waals surface area contributed by atoms with E-state index in [0.29, 0.717) is 32.3 Å². The summed E-state index contributed by atoms with van der Waals surface area (Å²) in [5.74, 6) is 0.439. The molecular formula is C18H26N2O3. The van der Waals surface area contributed by atoms with E-state index in [2.05, 4.69) is 17.5 Å². The van der Waals surface area contributed by atoms with E-state index in [-0.39, 0.29) is 35.5 Å². The van der Waals surface area contributed by atoms with Crippen molar-refractivity contribution in [1.82, 2.24) is 10.2 Å². The summed E-state index contributed by atoms with van der Waals surface area (Å²) in [5.41, 5.74) is 0. The Morgan fingerprint density at radius 2 is 1.65 bits per heavy atom. The number of allylic oxidation sites excluding steroid dienone is 2. The number of amides is 2. The van der Waals surface area contributed by atoms with Crippen LogP contribution in [0.1, 0.15) is 32.1 Å². The molecule has 0 spiro atoms. The van der Waals surface area contributed by atoms with Gasteiger partial charge in [-0.3, -0.25) is 9.59 Å². The van der Waals surface area contributed by atoms with Crippen LogP contribution in [0.25, 0.3) is 0 Å². The van der Waals surface area contributed by atoms with Crippen molar-refractivity contribution in [2.24, 2.45) is 23.7 Å². The van der Waals surface area contributed by atoms with Gasteiger partial charge in [0.1, 0.15) is 0 Å². The quantitative estimate of drug-likeness (QED) is 0.799. The predicted octanol–water partition coefficient (Wildman–Crippen LogP) is 1.34. The van der Waals surface area contributed by atoms with Gasteiger partial charge in [0.05, 0.1) is 25.0 Å². The van der Waals surface area contributed by atoms with Crippen LogP contribution in [0.5, 0.6) is 0 Å². The molecule has 1 N–H and O–H groups in total. The van der Waals surface area contributed by atoms with Gasteiger partial charge in [-0.25, -0.2) is 0 Å². The lowest BCUT2D eigenvalue weighted by molar-refractivity contribution is -0.145. The average Bonchev–Trinajstić information content (AvgIpc) is 3.31. The zero-order valence-electron chi connectivity index (χ0n) is 13.6. The van der Waals surface area contributed by atoms with E-state index in [1.165, 1.54) is 12.8 Å². The van der Waals surface area contributed by atoms with Gasteiger partial charge in [-0.2, -0.15) is 0 Å². The fourth-order valence-corrected chi connectivity index (χ4v) is 4.88. The zero-order valence-corrected chi connectivity index (χ0v) is 13.6. The van der Waals surface area contributed by atoms with Crippen molar-refractivity contribution in [3.05, 3.63) is 12.2 Å². The maximum Gasteiger partial charge on any atom is 0.227 e. The number of rotatable bonds is 3. The van der Waals surface area contributed by atoms with E-state index in [9.17, 15) is 9.59 Å². The van der Waals surface area contributed by atoms with Gasteiger partial charge >= 0.3 is 0 Å². The maximum atomic E-state index is 13.0. The highest BCUT2D eigenvalue weighted by atomic mass is 16.5. The maximum absolute atomic E-state index is 13.0. The van der Waals surface area contributed by atoms with Gasteiger partial charge in [-0.05, 0) is 31.1 Å². The average molecular weight is 318 g/mol. The Hall–Kier alpha value is -1.36. The minimum Gasteiger partial charge on any atom is -0.378 e. The molecule has 0 aromatic carbocycles. The molecule has 0 aromatic heterocycles. The molecule has 4 atom stereocenters. The van der Waals surface area contributed by atoms with Crippen LogP contribution in [0.15, 0.2) is 12.2 Å². The Balaban J connectivity index is 1.48. The third kappa shape index (κ3) is 2.80. The van der Waals surface area contributed by atoms with Crippen molar-refractivity contribution < 1.29 is 14.3 Å². The molecule has 4 aliphatic rings. The van der Waals surface area contributed by atoms with E-state index in [0.717, 1.165) is 19.3 Å². The molecule has 126 valence electrons. The number of carbonyl (C=O) groups excluding carboxylic acids is 2. The topological polar surface area (TPSA) is 58.6 Å². The van der Waals surface area contributed by atoms with Crippen LogP contribution in [0.4, 0.5) is 0 Å². The monoisotopic (exact) mass is 318 g/mol. The molecule has 1 heterocycles. The minimum absolute atomic E-state index is 0.111. The largest absolute Gasteiger partial charge is 0.378 e. The molecule has 0 radical (unpaired) electrons.